The smallest absolute Gasteiger partial charge is 0.308 e. The van der Waals surface area contributed by atoms with Crippen LogP contribution in [0.5, 0.6) is 0 Å². The van der Waals surface area contributed by atoms with Crippen LogP contribution < -0.4 is 10.2 Å². The van der Waals surface area contributed by atoms with Crippen molar-refractivity contribution in [1.29, 1.82) is 0 Å². The number of hydrogen-bond donors (Lipinski definition) is 1. The molecule has 4 nitrogen and oxygen atoms in total. The van der Waals surface area contributed by atoms with Crippen molar-refractivity contribution in [2.24, 2.45) is 0 Å². The van der Waals surface area contributed by atoms with Crippen molar-refractivity contribution in [2.75, 3.05) is 29.9 Å². The summed E-state index contributed by atoms with van der Waals surface area (Å²) in [6, 6.07) is 18.7. The minimum Gasteiger partial charge on any atom is -0.308 e. The first-order valence-electron chi connectivity index (χ1n) is 11.3. The van der Waals surface area contributed by atoms with E-state index in [0.717, 1.165) is 43.7 Å². The maximum atomic E-state index is 13.6. The highest BCUT2D eigenvalue weighted by Crippen LogP contribution is 2.47. The number of hydrogen-bond acceptors (Lipinski definition) is 2. The number of benzene rings is 3. The summed E-state index contributed by atoms with van der Waals surface area (Å²) in [5.41, 5.74) is 4.80. The van der Waals surface area contributed by atoms with Crippen molar-refractivity contribution in [3.63, 3.8) is 0 Å². The number of piperidine rings is 1. The van der Waals surface area contributed by atoms with E-state index in [-0.39, 0.29) is 23.1 Å². The van der Waals surface area contributed by atoms with Crippen molar-refractivity contribution in [2.45, 2.75) is 31.7 Å². The molecule has 2 aliphatic rings. The van der Waals surface area contributed by atoms with E-state index in [1.165, 1.54) is 29.3 Å². The molecule has 0 atom stereocenters. The Morgan fingerprint density at radius 3 is 2.45 bits per heavy atom. The highest BCUT2D eigenvalue weighted by molar-refractivity contribution is 6.03. The van der Waals surface area contributed by atoms with E-state index in [1.807, 2.05) is 23.1 Å². The number of carbonyl (C=O) groups excluding carboxylic acids is 1. The van der Waals surface area contributed by atoms with Crippen molar-refractivity contribution in [3.8, 4) is 0 Å². The molecule has 0 aliphatic carbocycles. The molecule has 0 radical (unpaired) electrons. The first-order chi connectivity index (χ1) is 15.9. The second-order valence-corrected chi connectivity index (χ2v) is 9.23. The van der Waals surface area contributed by atoms with Crippen LogP contribution in [0.15, 0.2) is 66.7 Å². The summed E-state index contributed by atoms with van der Waals surface area (Å²) in [4.78, 5) is 17.4. The lowest BCUT2D eigenvalue weighted by atomic mass is 9.74. The first-order valence-corrected chi connectivity index (χ1v) is 11.3. The van der Waals surface area contributed by atoms with Crippen molar-refractivity contribution in [3.05, 3.63) is 95.1 Å². The molecule has 0 unspecified atom stereocenters. The number of rotatable bonds is 3. The fourth-order valence-corrected chi connectivity index (χ4v) is 5.15. The van der Waals surface area contributed by atoms with Gasteiger partial charge >= 0.3 is 6.03 Å². The lowest BCUT2D eigenvalue weighted by Gasteiger charge is -2.40. The number of likely N-dealkylation sites (tertiary alicyclic amines) is 1. The molecule has 0 aromatic heterocycles. The number of nitrogens with zero attached hydrogens (tertiary/aromatic N) is 2. The molecule has 3 aromatic carbocycles. The van der Waals surface area contributed by atoms with E-state index >= 15 is 0 Å². The predicted molar refractivity (Wildman–Crippen MR) is 127 cm³/mol. The van der Waals surface area contributed by atoms with Crippen LogP contribution >= 0.6 is 0 Å². The van der Waals surface area contributed by atoms with Gasteiger partial charge in [0.25, 0.3) is 0 Å². The molecule has 2 heterocycles. The number of nitrogens with one attached hydrogen (secondary N) is 1. The average molecular weight is 448 g/mol. The van der Waals surface area contributed by atoms with Crippen LogP contribution in [-0.2, 0) is 12.0 Å². The first kappa shape index (κ1) is 21.6. The molecule has 5 rings (SSSR count). The van der Waals surface area contributed by atoms with Crippen LogP contribution in [0, 0.1) is 18.6 Å². The summed E-state index contributed by atoms with van der Waals surface area (Å²) in [5, 5.41) is 2.91. The third-order valence-corrected chi connectivity index (χ3v) is 6.92. The van der Waals surface area contributed by atoms with Crippen molar-refractivity contribution < 1.29 is 13.6 Å². The van der Waals surface area contributed by atoms with Gasteiger partial charge in [0.2, 0.25) is 0 Å². The van der Waals surface area contributed by atoms with E-state index < -0.39 is 0 Å². The van der Waals surface area contributed by atoms with Crippen LogP contribution in [0.2, 0.25) is 0 Å². The highest BCUT2D eigenvalue weighted by Gasteiger charge is 2.46. The molecule has 2 amide bonds. The number of aryl methyl sites for hydroxylation is 1. The van der Waals surface area contributed by atoms with Gasteiger partial charge in [0.1, 0.15) is 11.6 Å². The Morgan fingerprint density at radius 2 is 1.73 bits per heavy atom. The normalized spacial score (nSPS) is 17.2. The Bertz CT molecular complexity index is 1170. The molecule has 33 heavy (non-hydrogen) atoms. The van der Waals surface area contributed by atoms with Crippen LogP contribution in [0.3, 0.4) is 0 Å². The van der Waals surface area contributed by atoms with E-state index in [2.05, 4.69) is 23.2 Å². The average Bonchev–Trinajstić information content (AvgIpc) is 3.10. The lowest BCUT2D eigenvalue weighted by molar-refractivity contribution is 0.160. The molecule has 1 spiro atoms. The molecule has 1 saturated heterocycles. The number of anilines is 2. The molecule has 170 valence electrons. The molecule has 1 N–H and O–H groups in total. The summed E-state index contributed by atoms with van der Waals surface area (Å²) >= 11 is 0. The Balaban J connectivity index is 1.34. The summed E-state index contributed by atoms with van der Waals surface area (Å²) < 4.78 is 26.8. The van der Waals surface area contributed by atoms with Crippen molar-refractivity contribution >= 4 is 17.4 Å². The topological polar surface area (TPSA) is 35.6 Å². The van der Waals surface area contributed by atoms with Crippen molar-refractivity contribution in [1.82, 2.24) is 4.90 Å². The molecule has 3 aromatic rings. The van der Waals surface area contributed by atoms with E-state index in [0.29, 0.717) is 12.2 Å². The van der Waals surface area contributed by atoms with Gasteiger partial charge in [0, 0.05) is 29.9 Å². The fourth-order valence-electron chi connectivity index (χ4n) is 5.15. The zero-order valence-electron chi connectivity index (χ0n) is 18.7. The number of fused-ring (bicyclic) bond motifs is 2. The SMILES string of the molecule is Cc1ccc2c(c1)C1(CCN(Cc3cccc(F)c3)CC1)CN2C(=O)Nc1ccc(F)cc1. The zero-order chi connectivity index (χ0) is 23.0. The molecule has 0 saturated carbocycles. The quantitative estimate of drug-likeness (QED) is 0.546. The minimum absolute atomic E-state index is 0.0973. The Morgan fingerprint density at radius 1 is 0.970 bits per heavy atom. The lowest BCUT2D eigenvalue weighted by Crippen LogP contribution is -2.46. The van der Waals surface area contributed by atoms with Gasteiger partial charge in [-0.15, -0.1) is 0 Å². The number of carbonyl (C=O) groups is 1. The monoisotopic (exact) mass is 447 g/mol. The number of amides is 2. The number of urea groups is 1. The van der Waals surface area contributed by atoms with Crippen LogP contribution in [0.1, 0.15) is 29.5 Å². The van der Waals surface area contributed by atoms with E-state index in [9.17, 15) is 13.6 Å². The van der Waals surface area contributed by atoms with Gasteiger partial charge in [-0.05, 0) is 86.4 Å². The van der Waals surface area contributed by atoms with Gasteiger partial charge in [-0.3, -0.25) is 9.80 Å². The predicted octanol–water partition coefficient (Wildman–Crippen LogP) is 5.86. The molecular weight excluding hydrogens is 420 g/mol. The summed E-state index contributed by atoms with van der Waals surface area (Å²) in [6.45, 7) is 5.19. The third-order valence-electron chi connectivity index (χ3n) is 6.92. The van der Waals surface area contributed by atoms with Gasteiger partial charge in [-0.25, -0.2) is 13.6 Å². The third kappa shape index (κ3) is 4.35. The Hall–Kier alpha value is -3.25. The molecule has 1 fully saturated rings. The molecule has 0 bridgehead atoms. The van der Waals surface area contributed by atoms with Gasteiger partial charge in [0.15, 0.2) is 0 Å². The Labute approximate surface area is 192 Å². The zero-order valence-corrected chi connectivity index (χ0v) is 18.7. The molecular formula is C27H27F2N3O. The Kier molecular flexibility index (Phi) is 5.62. The fraction of sp³-hybridized carbons (Fsp3) is 0.296. The van der Waals surface area contributed by atoms with Gasteiger partial charge in [-0.1, -0.05) is 29.8 Å². The van der Waals surface area contributed by atoms with Crippen LogP contribution in [0.25, 0.3) is 0 Å². The van der Waals surface area contributed by atoms with E-state index in [1.54, 1.807) is 24.3 Å². The summed E-state index contributed by atoms with van der Waals surface area (Å²) in [7, 11) is 0. The van der Waals surface area contributed by atoms with Crippen LogP contribution in [-0.4, -0.2) is 30.6 Å². The van der Waals surface area contributed by atoms with Gasteiger partial charge in [0.05, 0.1) is 0 Å². The molecule has 2 aliphatic heterocycles. The maximum Gasteiger partial charge on any atom is 0.326 e. The maximum absolute atomic E-state index is 13.6. The van der Waals surface area contributed by atoms with E-state index in [4.69, 9.17) is 0 Å². The molecule has 6 heteroatoms. The second kappa shape index (κ2) is 8.60. The second-order valence-electron chi connectivity index (χ2n) is 9.23. The largest absolute Gasteiger partial charge is 0.326 e. The summed E-state index contributed by atoms with van der Waals surface area (Å²) in [6.07, 6.45) is 1.86. The van der Waals surface area contributed by atoms with Crippen LogP contribution in [0.4, 0.5) is 25.0 Å². The van der Waals surface area contributed by atoms with Gasteiger partial charge in [-0.2, -0.15) is 0 Å². The standard InChI is InChI=1S/C27H27F2N3O/c1-19-5-10-25-24(15-19)27(18-32(25)26(33)30-23-8-6-21(28)7-9-23)11-13-31(14-12-27)17-20-3-2-4-22(29)16-20/h2-10,15-16H,11-14,17-18H2,1H3,(H,30,33). The number of halogens is 2. The highest BCUT2D eigenvalue weighted by atomic mass is 19.1. The minimum atomic E-state index is -0.334. The van der Waals surface area contributed by atoms with Gasteiger partial charge < -0.3 is 5.32 Å². The summed E-state index contributed by atoms with van der Waals surface area (Å²) in [5.74, 6) is -0.539.